The molecule has 2 heterocycles. The molecule has 178 valence electrons. The predicted molar refractivity (Wildman–Crippen MR) is 129 cm³/mol. The van der Waals surface area contributed by atoms with Crippen LogP contribution in [0, 0.1) is 5.92 Å². The molecule has 0 unspecified atom stereocenters. The van der Waals surface area contributed by atoms with Crippen LogP contribution in [-0.4, -0.2) is 56.8 Å². The Morgan fingerprint density at radius 2 is 1.70 bits per heavy atom. The lowest BCUT2D eigenvalue weighted by Crippen LogP contribution is -2.38. The maximum absolute atomic E-state index is 13.2. The molecule has 0 atom stereocenters. The van der Waals surface area contributed by atoms with Crippen molar-refractivity contribution in [3.8, 4) is 5.75 Å². The van der Waals surface area contributed by atoms with Crippen molar-refractivity contribution in [2.75, 3.05) is 38.6 Å². The summed E-state index contributed by atoms with van der Waals surface area (Å²) in [5, 5.41) is 2.95. The molecule has 0 aromatic heterocycles. The van der Waals surface area contributed by atoms with E-state index in [1.807, 2.05) is 18.2 Å². The van der Waals surface area contributed by atoms with Crippen LogP contribution < -0.4 is 10.1 Å². The van der Waals surface area contributed by atoms with Crippen molar-refractivity contribution in [2.24, 2.45) is 5.92 Å². The van der Waals surface area contributed by atoms with Gasteiger partial charge in [0, 0.05) is 31.2 Å². The minimum absolute atomic E-state index is 0.0548. The van der Waals surface area contributed by atoms with Gasteiger partial charge in [-0.15, -0.1) is 0 Å². The average Bonchev–Trinajstić information content (AvgIpc) is 2.85. The first-order valence-electron chi connectivity index (χ1n) is 11.7. The molecule has 1 N–H and O–H groups in total. The first-order valence-corrected chi connectivity index (χ1v) is 13.2. The number of carbonyl (C=O) groups excluding carboxylic acids is 1. The molecule has 2 aliphatic rings. The number of sulfonamides is 1. The fourth-order valence-corrected chi connectivity index (χ4v) is 6.34. The second-order valence-electron chi connectivity index (χ2n) is 8.86. The Balaban J connectivity index is 1.39. The molecule has 2 aromatic rings. The van der Waals surface area contributed by atoms with E-state index >= 15 is 0 Å². The summed E-state index contributed by atoms with van der Waals surface area (Å²) in [6, 6.07) is 15.2. The van der Waals surface area contributed by atoms with Gasteiger partial charge in [-0.25, -0.2) is 8.42 Å². The molecule has 0 radical (unpaired) electrons. The number of carbonyl (C=O) groups is 1. The minimum Gasteiger partial charge on any atom is -0.495 e. The van der Waals surface area contributed by atoms with E-state index in [0.29, 0.717) is 24.5 Å². The second-order valence-corrected chi connectivity index (χ2v) is 10.8. The zero-order valence-electron chi connectivity index (χ0n) is 19.2. The third-order valence-corrected chi connectivity index (χ3v) is 8.49. The Kier molecular flexibility index (Phi) is 7.67. The quantitative estimate of drug-likeness (QED) is 0.666. The largest absolute Gasteiger partial charge is 0.495 e. The topological polar surface area (TPSA) is 79.0 Å². The Morgan fingerprint density at radius 1 is 1.00 bits per heavy atom. The van der Waals surface area contributed by atoms with Gasteiger partial charge in [-0.3, -0.25) is 9.69 Å². The van der Waals surface area contributed by atoms with Crippen molar-refractivity contribution >= 4 is 21.6 Å². The van der Waals surface area contributed by atoms with E-state index in [0.717, 1.165) is 51.7 Å². The van der Waals surface area contributed by atoms with Crippen LogP contribution in [0.15, 0.2) is 53.4 Å². The maximum atomic E-state index is 13.2. The number of hydrogen-bond donors (Lipinski definition) is 1. The molecule has 0 bridgehead atoms. The van der Waals surface area contributed by atoms with Gasteiger partial charge in [-0.1, -0.05) is 36.8 Å². The lowest BCUT2D eigenvalue weighted by atomic mass is 9.95. The van der Waals surface area contributed by atoms with Crippen LogP contribution >= 0.6 is 0 Å². The van der Waals surface area contributed by atoms with E-state index in [9.17, 15) is 13.2 Å². The Morgan fingerprint density at radius 3 is 2.36 bits per heavy atom. The SMILES string of the molecule is COc1ccc(NC(=O)C2CCN(Cc3ccccc3)CC2)cc1S(=O)(=O)N1CCCCC1. The van der Waals surface area contributed by atoms with Crippen LogP contribution in [0.25, 0.3) is 0 Å². The molecule has 0 spiro atoms. The number of amides is 1. The summed E-state index contributed by atoms with van der Waals surface area (Å²) >= 11 is 0. The second kappa shape index (κ2) is 10.7. The van der Waals surface area contributed by atoms with Gasteiger partial charge in [0.2, 0.25) is 15.9 Å². The van der Waals surface area contributed by atoms with Crippen molar-refractivity contribution in [1.82, 2.24) is 9.21 Å². The van der Waals surface area contributed by atoms with Crippen molar-refractivity contribution in [3.05, 3.63) is 54.1 Å². The fourth-order valence-electron chi connectivity index (χ4n) is 4.64. The van der Waals surface area contributed by atoms with Gasteiger partial charge in [-0.2, -0.15) is 4.31 Å². The van der Waals surface area contributed by atoms with E-state index in [2.05, 4.69) is 22.3 Å². The molecular weight excluding hydrogens is 438 g/mol. The third-order valence-electron chi connectivity index (χ3n) is 6.57. The molecule has 33 heavy (non-hydrogen) atoms. The summed E-state index contributed by atoms with van der Waals surface area (Å²) in [7, 11) is -2.21. The highest BCUT2D eigenvalue weighted by Crippen LogP contribution is 2.31. The molecule has 1 amide bonds. The molecule has 2 saturated heterocycles. The number of benzene rings is 2. The summed E-state index contributed by atoms with van der Waals surface area (Å²) in [4.78, 5) is 15.4. The van der Waals surface area contributed by atoms with Gasteiger partial charge in [-0.05, 0) is 62.5 Å². The van der Waals surface area contributed by atoms with Gasteiger partial charge in [0.05, 0.1) is 7.11 Å². The molecule has 0 saturated carbocycles. The van der Waals surface area contributed by atoms with Crippen molar-refractivity contribution in [1.29, 1.82) is 0 Å². The number of nitrogens with zero attached hydrogens (tertiary/aromatic N) is 2. The molecule has 0 aliphatic carbocycles. The normalized spacial score (nSPS) is 18.7. The molecule has 4 rings (SSSR count). The van der Waals surface area contributed by atoms with Crippen LogP contribution in [0.2, 0.25) is 0 Å². The van der Waals surface area contributed by atoms with Crippen LogP contribution in [-0.2, 0) is 21.4 Å². The van der Waals surface area contributed by atoms with Crippen LogP contribution in [0.1, 0.15) is 37.7 Å². The number of ether oxygens (including phenoxy) is 1. The van der Waals surface area contributed by atoms with Crippen LogP contribution in [0.4, 0.5) is 5.69 Å². The molecule has 2 aliphatic heterocycles. The number of piperidine rings is 2. The number of nitrogens with one attached hydrogen (secondary N) is 1. The Bertz CT molecular complexity index is 1040. The van der Waals surface area contributed by atoms with E-state index in [4.69, 9.17) is 4.74 Å². The van der Waals surface area contributed by atoms with Crippen LogP contribution in [0.5, 0.6) is 5.75 Å². The standard InChI is InChI=1S/C25H33N3O4S/c1-32-23-11-10-22(18-24(23)33(30,31)28-14-6-3-7-15-28)26-25(29)21-12-16-27(17-13-21)19-20-8-4-2-5-9-20/h2,4-5,8-11,18,21H,3,6-7,12-17,19H2,1H3,(H,26,29). The van der Waals surface area contributed by atoms with Gasteiger partial charge in [0.25, 0.3) is 0 Å². The van der Waals surface area contributed by atoms with E-state index in [-0.39, 0.29) is 16.7 Å². The highest BCUT2D eigenvalue weighted by atomic mass is 32.2. The van der Waals surface area contributed by atoms with Gasteiger partial charge >= 0.3 is 0 Å². The number of rotatable bonds is 7. The van der Waals surface area contributed by atoms with E-state index in [1.54, 1.807) is 12.1 Å². The lowest BCUT2D eigenvalue weighted by molar-refractivity contribution is -0.121. The smallest absolute Gasteiger partial charge is 0.246 e. The van der Waals surface area contributed by atoms with E-state index in [1.165, 1.54) is 23.0 Å². The molecule has 7 nitrogen and oxygen atoms in total. The number of methoxy groups -OCH3 is 1. The van der Waals surface area contributed by atoms with Gasteiger partial charge < -0.3 is 10.1 Å². The molecule has 2 fully saturated rings. The molecule has 2 aromatic carbocycles. The average molecular weight is 472 g/mol. The monoisotopic (exact) mass is 471 g/mol. The highest BCUT2D eigenvalue weighted by Gasteiger charge is 2.30. The molecular formula is C25H33N3O4S. The van der Waals surface area contributed by atoms with Crippen molar-refractivity contribution < 1.29 is 17.9 Å². The van der Waals surface area contributed by atoms with Gasteiger partial charge in [0.1, 0.15) is 10.6 Å². The van der Waals surface area contributed by atoms with Gasteiger partial charge in [0.15, 0.2) is 0 Å². The first-order chi connectivity index (χ1) is 16.0. The Hall–Kier alpha value is -2.42. The predicted octanol–water partition coefficient (Wildman–Crippen LogP) is 3.72. The summed E-state index contributed by atoms with van der Waals surface area (Å²) < 4.78 is 33.3. The van der Waals surface area contributed by atoms with Crippen molar-refractivity contribution in [2.45, 2.75) is 43.5 Å². The fraction of sp³-hybridized carbons (Fsp3) is 0.480. The Labute approximate surface area is 196 Å². The summed E-state index contributed by atoms with van der Waals surface area (Å²) in [6.07, 6.45) is 4.34. The maximum Gasteiger partial charge on any atom is 0.246 e. The van der Waals surface area contributed by atoms with Crippen LogP contribution in [0.3, 0.4) is 0 Å². The minimum atomic E-state index is -3.67. The lowest BCUT2D eigenvalue weighted by Gasteiger charge is -2.31. The zero-order chi connectivity index (χ0) is 23.3. The number of hydrogen-bond acceptors (Lipinski definition) is 5. The number of anilines is 1. The summed E-state index contributed by atoms with van der Waals surface area (Å²) in [5.41, 5.74) is 1.77. The first kappa shape index (κ1) is 23.7. The summed E-state index contributed by atoms with van der Waals surface area (Å²) in [5.74, 6) is 0.162. The zero-order valence-corrected chi connectivity index (χ0v) is 20.0. The highest BCUT2D eigenvalue weighted by molar-refractivity contribution is 7.89. The van der Waals surface area contributed by atoms with E-state index < -0.39 is 10.0 Å². The molecule has 8 heteroatoms. The summed E-state index contributed by atoms with van der Waals surface area (Å²) in [6.45, 7) is 3.66. The number of likely N-dealkylation sites (tertiary alicyclic amines) is 1. The van der Waals surface area contributed by atoms with Crippen molar-refractivity contribution in [3.63, 3.8) is 0 Å². The third kappa shape index (κ3) is 5.75.